The van der Waals surface area contributed by atoms with E-state index in [1.54, 1.807) is 4.90 Å². The third-order valence-electron chi connectivity index (χ3n) is 4.89. The number of carbonyl (C=O) groups excluding carboxylic acids is 1. The van der Waals surface area contributed by atoms with Crippen LogP contribution in [0.4, 0.5) is 5.69 Å². The summed E-state index contributed by atoms with van der Waals surface area (Å²) in [7, 11) is 0. The van der Waals surface area contributed by atoms with Crippen LogP contribution in [0.3, 0.4) is 0 Å². The SMILES string of the molecule is C=CCn1cc(/C=C2/SC(=Nc3ccc(C)cc3)N(CC)C2=O)c2ccccc21. The Morgan fingerprint density at radius 2 is 1.90 bits per heavy atom. The second-order valence-electron chi connectivity index (χ2n) is 6.93. The molecule has 1 aliphatic heterocycles. The van der Waals surface area contributed by atoms with Gasteiger partial charge in [-0.25, -0.2) is 4.99 Å². The highest BCUT2D eigenvalue weighted by Gasteiger charge is 2.32. The van der Waals surface area contributed by atoms with Crippen molar-refractivity contribution in [1.29, 1.82) is 0 Å². The molecular weight excluding hydrogens is 378 g/mol. The van der Waals surface area contributed by atoms with E-state index in [1.165, 1.54) is 17.3 Å². The number of aryl methyl sites for hydroxylation is 1. The average molecular weight is 402 g/mol. The van der Waals surface area contributed by atoms with Crippen molar-refractivity contribution < 1.29 is 4.79 Å². The molecule has 2 heterocycles. The molecule has 4 rings (SSSR count). The summed E-state index contributed by atoms with van der Waals surface area (Å²) in [5.74, 6) is 0.00362. The maximum atomic E-state index is 13.0. The van der Waals surface area contributed by atoms with E-state index >= 15 is 0 Å². The van der Waals surface area contributed by atoms with E-state index in [-0.39, 0.29) is 5.91 Å². The van der Waals surface area contributed by atoms with Gasteiger partial charge in [0.05, 0.1) is 10.6 Å². The first kappa shape index (κ1) is 19.3. The Morgan fingerprint density at radius 3 is 2.62 bits per heavy atom. The Balaban J connectivity index is 1.73. The van der Waals surface area contributed by atoms with E-state index in [2.05, 4.69) is 29.5 Å². The summed E-state index contributed by atoms with van der Waals surface area (Å²) >= 11 is 1.43. The second kappa shape index (κ2) is 8.13. The Labute approximate surface area is 175 Å². The number of allylic oxidation sites excluding steroid dienone is 1. The Bertz CT molecular complexity index is 1140. The van der Waals surface area contributed by atoms with Gasteiger partial charge in [0, 0.05) is 35.8 Å². The number of aliphatic imine (C=N–C) groups is 1. The van der Waals surface area contributed by atoms with Crippen molar-refractivity contribution in [2.75, 3.05) is 6.54 Å². The van der Waals surface area contributed by atoms with Gasteiger partial charge in [0.2, 0.25) is 0 Å². The first-order valence-corrected chi connectivity index (χ1v) is 10.5. The summed E-state index contributed by atoms with van der Waals surface area (Å²) in [5, 5.41) is 1.85. The number of hydrogen-bond donors (Lipinski definition) is 0. The zero-order valence-corrected chi connectivity index (χ0v) is 17.4. The van der Waals surface area contributed by atoms with Gasteiger partial charge in [0.1, 0.15) is 0 Å². The number of likely N-dealkylation sites (N-methyl/N-ethyl adjacent to an activating group) is 1. The zero-order valence-electron chi connectivity index (χ0n) is 16.6. The number of nitrogens with zero attached hydrogens (tertiary/aromatic N) is 3. The van der Waals surface area contributed by atoms with Gasteiger partial charge < -0.3 is 4.57 Å². The summed E-state index contributed by atoms with van der Waals surface area (Å²) in [6.07, 6.45) is 5.94. The third-order valence-corrected chi connectivity index (χ3v) is 5.90. The topological polar surface area (TPSA) is 37.6 Å². The number of thioether (sulfide) groups is 1. The van der Waals surface area contributed by atoms with Crippen molar-refractivity contribution in [2.24, 2.45) is 4.99 Å². The number of benzene rings is 2. The fourth-order valence-corrected chi connectivity index (χ4v) is 4.47. The van der Waals surface area contributed by atoms with Gasteiger partial charge in [0.15, 0.2) is 5.17 Å². The number of amides is 1. The number of amidine groups is 1. The number of rotatable bonds is 5. The van der Waals surface area contributed by atoms with Crippen molar-refractivity contribution in [1.82, 2.24) is 9.47 Å². The molecule has 0 saturated carbocycles. The molecule has 1 aromatic heterocycles. The molecule has 0 spiro atoms. The van der Waals surface area contributed by atoms with Crippen LogP contribution in [0.15, 0.2) is 77.3 Å². The van der Waals surface area contributed by atoms with Gasteiger partial charge in [-0.3, -0.25) is 9.69 Å². The van der Waals surface area contributed by atoms with Crippen LogP contribution in [0.1, 0.15) is 18.1 Å². The number of fused-ring (bicyclic) bond motifs is 1. The predicted molar refractivity (Wildman–Crippen MR) is 123 cm³/mol. The summed E-state index contributed by atoms with van der Waals surface area (Å²) in [4.78, 5) is 20.1. The lowest BCUT2D eigenvalue weighted by molar-refractivity contribution is -0.122. The number of aromatic nitrogens is 1. The molecular formula is C24H23N3OS. The molecule has 1 saturated heterocycles. The lowest BCUT2D eigenvalue weighted by Gasteiger charge is -2.11. The van der Waals surface area contributed by atoms with Crippen LogP contribution in [0, 0.1) is 6.92 Å². The van der Waals surface area contributed by atoms with Gasteiger partial charge in [0.25, 0.3) is 5.91 Å². The molecule has 4 nitrogen and oxygen atoms in total. The van der Waals surface area contributed by atoms with Gasteiger partial charge in [-0.05, 0) is 49.9 Å². The fourth-order valence-electron chi connectivity index (χ4n) is 3.42. The molecule has 2 aromatic carbocycles. The summed E-state index contributed by atoms with van der Waals surface area (Å²) < 4.78 is 2.15. The van der Waals surface area contributed by atoms with E-state index in [4.69, 9.17) is 4.99 Å². The molecule has 0 atom stereocenters. The first-order chi connectivity index (χ1) is 14.1. The van der Waals surface area contributed by atoms with Crippen LogP contribution in [-0.2, 0) is 11.3 Å². The largest absolute Gasteiger partial charge is 0.343 e. The van der Waals surface area contributed by atoms with Crippen LogP contribution in [0.2, 0.25) is 0 Å². The molecule has 0 aliphatic carbocycles. The molecule has 146 valence electrons. The summed E-state index contributed by atoms with van der Waals surface area (Å²) in [6, 6.07) is 16.2. The highest BCUT2D eigenvalue weighted by atomic mass is 32.2. The van der Waals surface area contributed by atoms with E-state index in [0.29, 0.717) is 11.4 Å². The minimum atomic E-state index is 0.00362. The number of para-hydroxylation sites is 1. The number of hydrogen-bond acceptors (Lipinski definition) is 3. The fraction of sp³-hybridized carbons (Fsp3) is 0.167. The van der Waals surface area contributed by atoms with Crippen molar-refractivity contribution in [3.8, 4) is 0 Å². The molecule has 29 heavy (non-hydrogen) atoms. The van der Waals surface area contributed by atoms with Crippen molar-refractivity contribution >= 4 is 45.5 Å². The van der Waals surface area contributed by atoms with Crippen LogP contribution in [0.25, 0.3) is 17.0 Å². The quantitative estimate of drug-likeness (QED) is 0.403. The summed E-state index contributed by atoms with van der Waals surface area (Å²) in [5.41, 5.74) is 4.21. The monoisotopic (exact) mass is 401 g/mol. The molecule has 1 amide bonds. The van der Waals surface area contributed by atoms with Crippen LogP contribution in [0.5, 0.6) is 0 Å². The molecule has 0 unspecified atom stereocenters. The lowest BCUT2D eigenvalue weighted by Crippen LogP contribution is -2.28. The lowest BCUT2D eigenvalue weighted by atomic mass is 10.1. The molecule has 1 fully saturated rings. The predicted octanol–water partition coefficient (Wildman–Crippen LogP) is 5.76. The summed E-state index contributed by atoms with van der Waals surface area (Å²) in [6.45, 7) is 9.19. The Hall–Kier alpha value is -3.05. The maximum absolute atomic E-state index is 13.0. The van der Waals surface area contributed by atoms with Gasteiger partial charge in [-0.15, -0.1) is 6.58 Å². The van der Waals surface area contributed by atoms with E-state index in [9.17, 15) is 4.79 Å². The zero-order chi connectivity index (χ0) is 20.4. The van der Waals surface area contributed by atoms with Crippen LogP contribution in [-0.4, -0.2) is 27.1 Å². The molecule has 0 radical (unpaired) electrons. The van der Waals surface area contributed by atoms with E-state index in [0.717, 1.165) is 33.9 Å². The molecule has 0 bridgehead atoms. The Morgan fingerprint density at radius 1 is 1.14 bits per heavy atom. The van der Waals surface area contributed by atoms with Crippen molar-refractivity contribution in [3.63, 3.8) is 0 Å². The van der Waals surface area contributed by atoms with Crippen molar-refractivity contribution in [3.05, 3.63) is 83.4 Å². The van der Waals surface area contributed by atoms with E-state index < -0.39 is 0 Å². The van der Waals surface area contributed by atoms with Crippen molar-refractivity contribution in [2.45, 2.75) is 20.4 Å². The highest BCUT2D eigenvalue weighted by Crippen LogP contribution is 2.35. The normalized spacial score (nSPS) is 17.0. The number of carbonyl (C=O) groups is 1. The van der Waals surface area contributed by atoms with Crippen LogP contribution < -0.4 is 0 Å². The maximum Gasteiger partial charge on any atom is 0.266 e. The molecule has 5 heteroatoms. The van der Waals surface area contributed by atoms with Gasteiger partial charge in [-0.1, -0.05) is 42.0 Å². The minimum Gasteiger partial charge on any atom is -0.343 e. The van der Waals surface area contributed by atoms with E-state index in [1.807, 2.05) is 62.4 Å². The highest BCUT2D eigenvalue weighted by molar-refractivity contribution is 8.18. The minimum absolute atomic E-state index is 0.00362. The molecule has 0 N–H and O–H groups in total. The van der Waals surface area contributed by atoms with Crippen LogP contribution >= 0.6 is 11.8 Å². The standard InChI is InChI=1S/C24H23N3OS/c1-4-14-26-16-18(20-8-6-7-9-21(20)26)15-22-23(28)27(5-2)24(29-22)25-19-12-10-17(3)11-13-19/h4,6-13,15-16H,1,5,14H2,2-3H3/b22-15+,25-24?. The molecule has 1 aliphatic rings. The third kappa shape index (κ3) is 3.78. The smallest absolute Gasteiger partial charge is 0.266 e. The van der Waals surface area contributed by atoms with Gasteiger partial charge >= 0.3 is 0 Å². The Kier molecular flexibility index (Phi) is 5.41. The van der Waals surface area contributed by atoms with Gasteiger partial charge in [-0.2, -0.15) is 0 Å². The average Bonchev–Trinajstić information content (AvgIpc) is 3.22. The second-order valence-corrected chi connectivity index (χ2v) is 7.94. The molecule has 3 aromatic rings. The first-order valence-electron chi connectivity index (χ1n) is 9.66.